The summed E-state index contributed by atoms with van der Waals surface area (Å²) in [7, 11) is 0. The fourth-order valence-electron chi connectivity index (χ4n) is 3.87. The summed E-state index contributed by atoms with van der Waals surface area (Å²) < 4.78 is 5.74. The van der Waals surface area contributed by atoms with Crippen LogP contribution >= 0.6 is 11.3 Å². The first-order valence-electron chi connectivity index (χ1n) is 9.36. The molecule has 0 saturated heterocycles. The number of fused-ring (bicyclic) bond motifs is 3. The lowest BCUT2D eigenvalue weighted by molar-refractivity contribution is -0.936. The predicted octanol–water partition coefficient (Wildman–Crippen LogP) is 2.35. The normalized spacial score (nSPS) is 21.6. The standard InChI is InChI=1S/C20H25N3O2S/c1-4-25-15-8-6-5-7-13(15)18-21-19(24)17-14-9-10-23(12(2)3)11-16(14)26-20(17)22-18/h5-8,12,18,22H,4,9-11H2,1-3H3,(H,21,24)/p+1/t18-/m0/s1. The van der Waals surface area contributed by atoms with Crippen LogP contribution in [0.1, 0.15) is 53.3 Å². The number of carbonyl (C=O) groups excluding carboxylic acids is 1. The van der Waals surface area contributed by atoms with E-state index in [4.69, 9.17) is 4.74 Å². The summed E-state index contributed by atoms with van der Waals surface area (Å²) in [6, 6.07) is 8.50. The number of rotatable bonds is 4. The van der Waals surface area contributed by atoms with E-state index in [1.54, 1.807) is 16.2 Å². The monoisotopic (exact) mass is 372 g/mol. The van der Waals surface area contributed by atoms with Crippen molar-refractivity contribution in [1.82, 2.24) is 5.32 Å². The average molecular weight is 373 g/mol. The largest absolute Gasteiger partial charge is 0.493 e. The highest BCUT2D eigenvalue weighted by Crippen LogP contribution is 2.40. The molecule has 0 radical (unpaired) electrons. The van der Waals surface area contributed by atoms with Gasteiger partial charge in [-0.3, -0.25) is 4.79 Å². The van der Waals surface area contributed by atoms with Crippen molar-refractivity contribution < 1.29 is 14.4 Å². The molecule has 5 nitrogen and oxygen atoms in total. The van der Waals surface area contributed by atoms with E-state index in [9.17, 15) is 4.79 Å². The van der Waals surface area contributed by atoms with Gasteiger partial charge in [0, 0.05) is 12.0 Å². The fraction of sp³-hybridized carbons (Fsp3) is 0.450. The minimum atomic E-state index is -0.258. The van der Waals surface area contributed by atoms with Crippen molar-refractivity contribution in [2.24, 2.45) is 0 Å². The zero-order chi connectivity index (χ0) is 18.3. The summed E-state index contributed by atoms with van der Waals surface area (Å²) in [6.07, 6.45) is 0.718. The Kier molecular flexibility index (Phi) is 4.63. The molecule has 3 N–H and O–H groups in total. The zero-order valence-corrected chi connectivity index (χ0v) is 16.3. The molecule has 4 rings (SSSR count). The lowest BCUT2D eigenvalue weighted by Crippen LogP contribution is -3.14. The van der Waals surface area contributed by atoms with Crippen LogP contribution < -0.4 is 20.3 Å². The summed E-state index contributed by atoms with van der Waals surface area (Å²) >= 11 is 1.75. The van der Waals surface area contributed by atoms with Gasteiger partial charge in [0.15, 0.2) is 0 Å². The number of nitrogens with one attached hydrogen (secondary N) is 3. The summed E-state index contributed by atoms with van der Waals surface area (Å²) in [6.45, 7) is 9.21. The van der Waals surface area contributed by atoms with Crippen LogP contribution in [0.5, 0.6) is 5.75 Å². The first-order chi connectivity index (χ1) is 12.6. The molecular weight excluding hydrogens is 346 g/mol. The third kappa shape index (κ3) is 2.97. The maximum atomic E-state index is 12.9. The molecule has 0 spiro atoms. The van der Waals surface area contributed by atoms with E-state index in [1.807, 2.05) is 31.2 Å². The first-order valence-corrected chi connectivity index (χ1v) is 10.2. The summed E-state index contributed by atoms with van der Waals surface area (Å²) in [5, 5.41) is 7.67. The van der Waals surface area contributed by atoms with Gasteiger partial charge in [-0.2, -0.15) is 0 Å². The number of quaternary nitrogens is 1. The van der Waals surface area contributed by atoms with Crippen LogP contribution in [0, 0.1) is 0 Å². The Hall–Kier alpha value is -2.05. The molecule has 0 fully saturated rings. The van der Waals surface area contributed by atoms with Crippen LogP contribution in [0.4, 0.5) is 5.00 Å². The van der Waals surface area contributed by atoms with Crippen molar-refractivity contribution in [2.75, 3.05) is 18.5 Å². The average Bonchev–Trinajstić information content (AvgIpc) is 3.00. The van der Waals surface area contributed by atoms with Crippen molar-refractivity contribution in [3.63, 3.8) is 0 Å². The van der Waals surface area contributed by atoms with E-state index < -0.39 is 0 Å². The first kappa shape index (κ1) is 17.4. The van der Waals surface area contributed by atoms with Crippen LogP contribution in [0.15, 0.2) is 24.3 Å². The third-order valence-electron chi connectivity index (χ3n) is 5.30. The van der Waals surface area contributed by atoms with Crippen molar-refractivity contribution in [3.05, 3.63) is 45.8 Å². The number of para-hydroxylation sites is 1. The van der Waals surface area contributed by atoms with E-state index >= 15 is 0 Å². The number of benzene rings is 1. The molecule has 3 heterocycles. The van der Waals surface area contributed by atoms with Gasteiger partial charge in [0.05, 0.1) is 29.6 Å². The number of carbonyl (C=O) groups is 1. The van der Waals surface area contributed by atoms with Gasteiger partial charge in [0.2, 0.25) is 0 Å². The highest BCUT2D eigenvalue weighted by atomic mass is 32.1. The molecule has 2 aliphatic heterocycles. The lowest BCUT2D eigenvalue weighted by Gasteiger charge is -2.29. The van der Waals surface area contributed by atoms with E-state index in [0.717, 1.165) is 41.4 Å². The topological polar surface area (TPSA) is 54.8 Å². The van der Waals surface area contributed by atoms with Gasteiger partial charge in [0.25, 0.3) is 5.91 Å². The Morgan fingerprint density at radius 1 is 1.31 bits per heavy atom. The van der Waals surface area contributed by atoms with Crippen molar-refractivity contribution >= 4 is 22.2 Å². The SMILES string of the molecule is CCOc1ccccc1[C@H]1NC(=O)c2c(sc3c2CC[NH+](C(C)C)C3)N1. The smallest absolute Gasteiger partial charge is 0.256 e. The second-order valence-electron chi connectivity index (χ2n) is 7.22. The third-order valence-corrected chi connectivity index (χ3v) is 6.46. The number of anilines is 1. The van der Waals surface area contributed by atoms with Crippen LogP contribution in [-0.2, 0) is 13.0 Å². The molecule has 1 aromatic heterocycles. The fourth-order valence-corrected chi connectivity index (χ4v) is 5.19. The van der Waals surface area contributed by atoms with Gasteiger partial charge < -0.3 is 20.3 Å². The molecular formula is C20H26N3O2S+. The molecule has 1 unspecified atom stereocenters. The molecule has 26 heavy (non-hydrogen) atoms. The van der Waals surface area contributed by atoms with Gasteiger partial charge in [-0.05, 0) is 32.4 Å². The molecule has 2 aliphatic rings. The van der Waals surface area contributed by atoms with E-state index in [-0.39, 0.29) is 12.1 Å². The highest BCUT2D eigenvalue weighted by molar-refractivity contribution is 7.16. The Morgan fingerprint density at radius 2 is 2.12 bits per heavy atom. The maximum absolute atomic E-state index is 12.9. The summed E-state index contributed by atoms with van der Waals surface area (Å²) in [4.78, 5) is 15.8. The van der Waals surface area contributed by atoms with Crippen LogP contribution in [0.25, 0.3) is 0 Å². The number of amides is 1. The Bertz CT molecular complexity index is 830. The molecule has 138 valence electrons. The maximum Gasteiger partial charge on any atom is 0.256 e. The number of hydrogen-bond acceptors (Lipinski definition) is 4. The van der Waals surface area contributed by atoms with Gasteiger partial charge in [-0.1, -0.05) is 18.2 Å². The predicted molar refractivity (Wildman–Crippen MR) is 104 cm³/mol. The summed E-state index contributed by atoms with van der Waals surface area (Å²) in [5.74, 6) is 0.841. The highest BCUT2D eigenvalue weighted by Gasteiger charge is 2.35. The van der Waals surface area contributed by atoms with Crippen molar-refractivity contribution in [3.8, 4) is 5.75 Å². The number of hydrogen-bond donors (Lipinski definition) is 3. The van der Waals surface area contributed by atoms with Crippen LogP contribution in [0.3, 0.4) is 0 Å². The zero-order valence-electron chi connectivity index (χ0n) is 15.5. The van der Waals surface area contributed by atoms with E-state index in [1.165, 1.54) is 10.4 Å². The molecule has 2 aromatic rings. The van der Waals surface area contributed by atoms with Crippen molar-refractivity contribution in [1.29, 1.82) is 0 Å². The summed E-state index contributed by atoms with van der Waals surface area (Å²) in [5.41, 5.74) is 3.07. The van der Waals surface area contributed by atoms with Crippen LogP contribution in [-0.4, -0.2) is 25.1 Å². The Labute approximate surface area is 158 Å². The van der Waals surface area contributed by atoms with Gasteiger partial charge in [-0.15, -0.1) is 11.3 Å². The molecule has 0 bridgehead atoms. The van der Waals surface area contributed by atoms with Gasteiger partial charge >= 0.3 is 0 Å². The number of ether oxygens (including phenoxy) is 1. The van der Waals surface area contributed by atoms with Gasteiger partial charge in [0.1, 0.15) is 23.5 Å². The van der Waals surface area contributed by atoms with Gasteiger partial charge in [-0.25, -0.2) is 0 Å². The molecule has 6 heteroatoms. The minimum absolute atomic E-state index is 0.0283. The quantitative estimate of drug-likeness (QED) is 0.772. The second-order valence-corrected chi connectivity index (χ2v) is 8.32. The molecule has 0 aliphatic carbocycles. The molecule has 1 aromatic carbocycles. The molecule has 1 amide bonds. The number of thiophene rings is 1. The Morgan fingerprint density at radius 3 is 2.88 bits per heavy atom. The van der Waals surface area contributed by atoms with Crippen molar-refractivity contribution in [2.45, 2.75) is 45.9 Å². The van der Waals surface area contributed by atoms with E-state index in [0.29, 0.717) is 12.6 Å². The van der Waals surface area contributed by atoms with E-state index in [2.05, 4.69) is 24.5 Å². The Balaban J connectivity index is 1.65. The molecule has 2 atom stereocenters. The second kappa shape index (κ2) is 6.93. The van der Waals surface area contributed by atoms with Crippen LogP contribution in [0.2, 0.25) is 0 Å². The minimum Gasteiger partial charge on any atom is -0.493 e. The molecule has 0 saturated carbocycles. The lowest BCUT2D eigenvalue weighted by atomic mass is 9.99.